The van der Waals surface area contributed by atoms with Gasteiger partial charge in [-0.05, 0) is 35.9 Å². The Morgan fingerprint density at radius 1 is 1.21 bits per heavy atom. The molecule has 1 aromatic heterocycles. The maximum absolute atomic E-state index is 12.5. The lowest BCUT2D eigenvalue weighted by molar-refractivity contribution is -0.107. The molecule has 0 aliphatic heterocycles. The largest absolute Gasteiger partial charge is 0.496 e. The number of hydrogen-bond acceptors (Lipinski definition) is 4. The number of carbonyl (C=O) groups is 2. The normalized spacial score (nSPS) is 12.7. The maximum atomic E-state index is 12.5. The molecule has 146 valence electrons. The average Bonchev–Trinajstić information content (AvgIpc) is 3.13. The summed E-state index contributed by atoms with van der Waals surface area (Å²) in [6.45, 7) is 4.00. The van der Waals surface area contributed by atoms with Crippen LogP contribution in [0.2, 0.25) is 0 Å². The van der Waals surface area contributed by atoms with Crippen molar-refractivity contribution in [3.63, 3.8) is 0 Å². The summed E-state index contributed by atoms with van der Waals surface area (Å²) in [5.74, 6) is 1.14. The van der Waals surface area contributed by atoms with E-state index in [1.807, 2.05) is 62.4 Å². The van der Waals surface area contributed by atoms with Gasteiger partial charge in [-0.25, -0.2) is 0 Å². The van der Waals surface area contributed by atoms with Gasteiger partial charge in [0.2, 0.25) is 0 Å². The molecule has 1 aliphatic rings. The summed E-state index contributed by atoms with van der Waals surface area (Å²) in [6, 6.07) is 10.8. The number of para-hydroxylation sites is 1. The Bertz CT molecular complexity index is 903. The van der Waals surface area contributed by atoms with Crippen LogP contribution in [0.3, 0.4) is 0 Å². The number of amides is 1. The molecular weight excluding hydrogens is 354 g/mol. The molecule has 0 radical (unpaired) electrons. The maximum Gasteiger partial charge on any atom is 0.291 e. The minimum Gasteiger partial charge on any atom is -0.496 e. The average molecular weight is 379 g/mol. The Morgan fingerprint density at radius 3 is 2.75 bits per heavy atom. The van der Waals surface area contributed by atoms with Gasteiger partial charge >= 0.3 is 0 Å². The highest BCUT2D eigenvalue weighted by Gasteiger charge is 2.15. The van der Waals surface area contributed by atoms with Crippen molar-refractivity contribution in [2.75, 3.05) is 7.11 Å². The van der Waals surface area contributed by atoms with Crippen LogP contribution in [0.1, 0.15) is 37.2 Å². The van der Waals surface area contributed by atoms with Crippen LogP contribution < -0.4 is 10.1 Å². The Balaban J connectivity index is 0.00000136. The number of methoxy groups -OCH3 is 1. The number of nitrogens with one attached hydrogen (secondary N) is 1. The molecule has 1 aromatic carbocycles. The molecule has 0 atom stereocenters. The fourth-order valence-corrected chi connectivity index (χ4v) is 2.67. The summed E-state index contributed by atoms with van der Waals surface area (Å²) in [5.41, 5.74) is 2.45. The summed E-state index contributed by atoms with van der Waals surface area (Å²) in [7, 11) is 1.59. The van der Waals surface area contributed by atoms with Crippen molar-refractivity contribution in [2.24, 2.45) is 0 Å². The van der Waals surface area contributed by atoms with E-state index in [2.05, 4.69) is 5.32 Å². The first kappa shape index (κ1) is 21.0. The number of rotatable bonds is 6. The van der Waals surface area contributed by atoms with Gasteiger partial charge in [0.15, 0.2) is 5.76 Å². The van der Waals surface area contributed by atoms with Crippen molar-refractivity contribution in [1.29, 1.82) is 0 Å². The second-order valence-electron chi connectivity index (χ2n) is 5.72. The Hall–Kier alpha value is -3.34. The summed E-state index contributed by atoms with van der Waals surface area (Å²) in [5, 5.41) is 2.84. The van der Waals surface area contributed by atoms with Gasteiger partial charge in [-0.3, -0.25) is 4.79 Å². The molecule has 0 unspecified atom stereocenters. The molecule has 1 heterocycles. The number of benzene rings is 1. The molecule has 1 N–H and O–H groups in total. The van der Waals surface area contributed by atoms with Gasteiger partial charge in [-0.2, -0.15) is 0 Å². The van der Waals surface area contributed by atoms with Gasteiger partial charge in [0, 0.05) is 18.5 Å². The lowest BCUT2D eigenvalue weighted by atomic mass is 10.1. The fourth-order valence-electron chi connectivity index (χ4n) is 2.67. The highest BCUT2D eigenvalue weighted by Crippen LogP contribution is 2.31. The topological polar surface area (TPSA) is 68.5 Å². The molecule has 0 spiro atoms. The number of aldehydes is 1. The Kier molecular flexibility index (Phi) is 8.03. The van der Waals surface area contributed by atoms with Gasteiger partial charge in [0.25, 0.3) is 5.91 Å². The van der Waals surface area contributed by atoms with Crippen molar-refractivity contribution >= 4 is 12.2 Å². The molecule has 5 heteroatoms. The molecule has 2 aromatic rings. The van der Waals surface area contributed by atoms with Crippen molar-refractivity contribution < 1.29 is 18.7 Å². The zero-order chi connectivity index (χ0) is 20.4. The zero-order valence-electron chi connectivity index (χ0n) is 16.4. The SMILES string of the molecule is CC.COc1ccccc1-c1ccc(C(=O)NC2=CC=CC(CC=O)=CC2)o1. The van der Waals surface area contributed by atoms with Gasteiger partial charge in [-0.15, -0.1) is 0 Å². The standard InChI is InChI=1S/C21H19NO4.C2H6/c1-25-18-8-3-2-7-17(18)19-11-12-20(26-19)21(24)22-16-6-4-5-15(9-10-16)13-14-23;1-2/h2-9,11-12,14H,10,13H2,1H3,(H,22,24);1-2H3. The number of allylic oxidation sites excluding steroid dienone is 5. The zero-order valence-corrected chi connectivity index (χ0v) is 16.4. The van der Waals surface area contributed by atoms with Gasteiger partial charge < -0.3 is 19.3 Å². The molecule has 0 bridgehead atoms. The molecule has 1 aliphatic carbocycles. The second kappa shape index (κ2) is 10.7. The summed E-state index contributed by atoms with van der Waals surface area (Å²) >= 11 is 0. The molecule has 0 fully saturated rings. The van der Waals surface area contributed by atoms with E-state index in [9.17, 15) is 9.59 Å². The molecule has 1 amide bonds. The summed E-state index contributed by atoms with van der Waals surface area (Å²) in [6.07, 6.45) is 9.19. The van der Waals surface area contributed by atoms with E-state index < -0.39 is 0 Å². The summed E-state index contributed by atoms with van der Waals surface area (Å²) < 4.78 is 11.0. The second-order valence-corrected chi connectivity index (χ2v) is 5.72. The first-order chi connectivity index (χ1) is 13.7. The van der Waals surface area contributed by atoms with E-state index >= 15 is 0 Å². The van der Waals surface area contributed by atoms with E-state index in [1.165, 1.54) is 0 Å². The first-order valence-electron chi connectivity index (χ1n) is 9.25. The molecule has 5 nitrogen and oxygen atoms in total. The van der Waals surface area contributed by atoms with Gasteiger partial charge in [0.05, 0.1) is 12.7 Å². The van der Waals surface area contributed by atoms with Crippen LogP contribution >= 0.6 is 0 Å². The third kappa shape index (κ3) is 5.33. The highest BCUT2D eigenvalue weighted by atomic mass is 16.5. The van der Waals surface area contributed by atoms with E-state index in [1.54, 1.807) is 19.2 Å². The van der Waals surface area contributed by atoms with Crippen molar-refractivity contribution in [1.82, 2.24) is 5.32 Å². The lowest BCUT2D eigenvalue weighted by Crippen LogP contribution is -2.21. The molecule has 0 saturated heterocycles. The number of hydrogen-bond donors (Lipinski definition) is 1. The summed E-state index contributed by atoms with van der Waals surface area (Å²) in [4.78, 5) is 23.1. The Labute approximate surface area is 165 Å². The van der Waals surface area contributed by atoms with Crippen LogP contribution in [0.15, 0.2) is 76.4 Å². The third-order valence-electron chi connectivity index (χ3n) is 3.99. The molecule has 0 saturated carbocycles. The smallest absolute Gasteiger partial charge is 0.291 e. The van der Waals surface area contributed by atoms with Crippen molar-refractivity contribution in [3.05, 3.63) is 77.7 Å². The van der Waals surface area contributed by atoms with Crippen molar-refractivity contribution in [3.8, 4) is 17.1 Å². The van der Waals surface area contributed by atoms with Crippen LogP contribution in [0.25, 0.3) is 11.3 Å². The lowest BCUT2D eigenvalue weighted by Gasteiger charge is -2.06. The van der Waals surface area contributed by atoms with Crippen molar-refractivity contribution in [2.45, 2.75) is 26.7 Å². The van der Waals surface area contributed by atoms with Crippen LogP contribution in [0, 0.1) is 0 Å². The Morgan fingerprint density at radius 2 is 2.00 bits per heavy atom. The van der Waals surface area contributed by atoms with Gasteiger partial charge in [-0.1, -0.05) is 44.2 Å². The number of carbonyl (C=O) groups excluding carboxylic acids is 2. The minimum atomic E-state index is -0.321. The van der Waals surface area contributed by atoms with E-state index in [0.717, 1.165) is 23.1 Å². The van der Waals surface area contributed by atoms with Crippen LogP contribution in [-0.4, -0.2) is 19.3 Å². The number of furan rings is 1. The molecule has 28 heavy (non-hydrogen) atoms. The highest BCUT2D eigenvalue weighted by molar-refractivity contribution is 5.93. The van der Waals surface area contributed by atoms with E-state index in [0.29, 0.717) is 24.4 Å². The quantitative estimate of drug-likeness (QED) is 0.712. The predicted octanol–water partition coefficient (Wildman–Crippen LogP) is 5.07. The van der Waals surface area contributed by atoms with Crippen LogP contribution in [0.5, 0.6) is 5.75 Å². The van der Waals surface area contributed by atoms with E-state index in [-0.39, 0.29) is 11.7 Å². The minimum absolute atomic E-state index is 0.220. The first-order valence-corrected chi connectivity index (χ1v) is 9.25. The third-order valence-corrected chi connectivity index (χ3v) is 3.99. The van der Waals surface area contributed by atoms with Crippen LogP contribution in [-0.2, 0) is 4.79 Å². The van der Waals surface area contributed by atoms with E-state index in [4.69, 9.17) is 9.15 Å². The van der Waals surface area contributed by atoms with Gasteiger partial charge in [0.1, 0.15) is 17.8 Å². The predicted molar refractivity (Wildman–Crippen MR) is 110 cm³/mol. The fraction of sp³-hybridized carbons (Fsp3) is 0.217. The monoisotopic (exact) mass is 379 g/mol. The molecular formula is C23H25NO4. The van der Waals surface area contributed by atoms with Crippen LogP contribution in [0.4, 0.5) is 0 Å². The number of ether oxygens (including phenoxy) is 1. The molecule has 3 rings (SSSR count).